The molecule has 1 aliphatic rings. The number of pyridine rings is 1. The van der Waals surface area contributed by atoms with Crippen molar-refractivity contribution < 1.29 is 18.7 Å². The minimum atomic E-state index is -0.901. The van der Waals surface area contributed by atoms with Gasteiger partial charge in [0.2, 0.25) is 5.43 Å². The summed E-state index contributed by atoms with van der Waals surface area (Å²) >= 11 is 0. The Balaban J connectivity index is 1.54. The van der Waals surface area contributed by atoms with Crippen LogP contribution in [0.4, 0.5) is 8.78 Å². The van der Waals surface area contributed by atoms with E-state index in [9.17, 15) is 23.5 Å². The van der Waals surface area contributed by atoms with E-state index in [-0.39, 0.29) is 17.6 Å². The summed E-state index contributed by atoms with van der Waals surface area (Å²) in [6, 6.07) is 10.5. The molecule has 1 amide bonds. The van der Waals surface area contributed by atoms with Crippen molar-refractivity contribution in [2.75, 3.05) is 0 Å². The third-order valence-corrected chi connectivity index (χ3v) is 6.47. The van der Waals surface area contributed by atoms with E-state index < -0.39 is 40.5 Å². The zero-order chi connectivity index (χ0) is 24.5. The van der Waals surface area contributed by atoms with Crippen molar-refractivity contribution in [2.45, 2.75) is 44.4 Å². The van der Waals surface area contributed by atoms with Crippen molar-refractivity contribution in [1.82, 2.24) is 19.7 Å². The number of carbonyl (C=O) groups excluding carboxylic acids is 1. The molecule has 7 nitrogen and oxygen atoms in total. The van der Waals surface area contributed by atoms with Gasteiger partial charge in [0.15, 0.2) is 0 Å². The molecule has 2 N–H and O–H groups in total. The van der Waals surface area contributed by atoms with Crippen LogP contribution in [-0.4, -0.2) is 37.5 Å². The zero-order valence-electron chi connectivity index (χ0n) is 18.8. The van der Waals surface area contributed by atoms with Gasteiger partial charge >= 0.3 is 0 Å². The van der Waals surface area contributed by atoms with Crippen LogP contribution in [0.1, 0.15) is 41.6 Å². The highest BCUT2D eigenvalue weighted by molar-refractivity contribution is 5.97. The van der Waals surface area contributed by atoms with Crippen molar-refractivity contribution in [2.24, 2.45) is 0 Å². The average Bonchev–Trinajstić information content (AvgIpc) is 3.39. The molecule has 2 atom stereocenters. The summed E-state index contributed by atoms with van der Waals surface area (Å²) in [7, 11) is 0. The standard InChI is InChI=1S/C26H24F2N4O3/c27-19-10-11-20(28)24-23(19)25(34)18(26(35)30-21-4-1-2-5-22(21)33)15-31(24)14-16-6-8-17(9-7-16)32-13-3-12-29-32/h3,6-13,15,21-22,33H,1-2,4-5,14H2,(H,30,35)/t21?,22-/m0/s1. The largest absolute Gasteiger partial charge is 0.391 e. The number of aliphatic hydroxyl groups is 1. The van der Waals surface area contributed by atoms with Gasteiger partial charge in [-0.15, -0.1) is 0 Å². The van der Waals surface area contributed by atoms with Crippen molar-refractivity contribution in [3.05, 3.63) is 94.0 Å². The lowest BCUT2D eigenvalue weighted by Gasteiger charge is -2.28. The van der Waals surface area contributed by atoms with Gasteiger partial charge in [0.25, 0.3) is 5.91 Å². The predicted molar refractivity (Wildman–Crippen MR) is 127 cm³/mol. The third-order valence-electron chi connectivity index (χ3n) is 6.47. The quantitative estimate of drug-likeness (QED) is 0.459. The number of hydrogen-bond acceptors (Lipinski definition) is 4. The number of carbonyl (C=O) groups is 1. The van der Waals surface area contributed by atoms with Gasteiger partial charge in [-0.25, -0.2) is 13.5 Å². The van der Waals surface area contributed by atoms with E-state index in [0.29, 0.717) is 12.8 Å². The molecule has 35 heavy (non-hydrogen) atoms. The SMILES string of the molecule is O=C(NC1CCCC[C@@H]1O)c1cn(Cc2ccc(-n3cccn3)cc2)c2c(F)ccc(F)c2c1=O. The van der Waals surface area contributed by atoms with Gasteiger partial charge < -0.3 is 15.0 Å². The molecule has 1 saturated carbocycles. The number of amides is 1. The first-order chi connectivity index (χ1) is 16.9. The Hall–Kier alpha value is -3.85. The summed E-state index contributed by atoms with van der Waals surface area (Å²) in [5, 5.41) is 16.6. The smallest absolute Gasteiger partial charge is 0.257 e. The van der Waals surface area contributed by atoms with Gasteiger partial charge in [0.05, 0.1) is 28.7 Å². The fraction of sp³-hybridized carbons (Fsp3) is 0.269. The lowest BCUT2D eigenvalue weighted by atomic mass is 9.92. The van der Waals surface area contributed by atoms with E-state index in [0.717, 1.165) is 36.2 Å². The van der Waals surface area contributed by atoms with Gasteiger partial charge in [0, 0.05) is 25.1 Å². The molecule has 2 aromatic carbocycles. The predicted octanol–water partition coefficient (Wildman–Crippen LogP) is 3.55. The first kappa shape index (κ1) is 22.9. The third kappa shape index (κ3) is 4.46. The van der Waals surface area contributed by atoms with Gasteiger partial charge in [0.1, 0.15) is 17.2 Å². The van der Waals surface area contributed by atoms with Crippen LogP contribution in [0.25, 0.3) is 16.6 Å². The number of benzene rings is 2. The molecular weight excluding hydrogens is 454 g/mol. The van der Waals surface area contributed by atoms with Crippen LogP contribution in [0, 0.1) is 11.6 Å². The van der Waals surface area contributed by atoms with Crippen molar-refractivity contribution >= 4 is 16.8 Å². The lowest BCUT2D eigenvalue weighted by molar-refractivity contribution is 0.0716. The molecule has 1 fully saturated rings. The van der Waals surface area contributed by atoms with Gasteiger partial charge in [-0.2, -0.15) is 5.10 Å². The first-order valence-corrected chi connectivity index (χ1v) is 11.5. The highest BCUT2D eigenvalue weighted by Crippen LogP contribution is 2.22. The molecule has 9 heteroatoms. The van der Waals surface area contributed by atoms with Gasteiger partial charge in [-0.3, -0.25) is 9.59 Å². The molecular formula is C26H24F2N4O3. The summed E-state index contributed by atoms with van der Waals surface area (Å²) in [6.07, 6.45) is 6.87. The number of halogens is 2. The molecule has 180 valence electrons. The Labute approximate surface area is 199 Å². The van der Waals surface area contributed by atoms with E-state index in [1.165, 1.54) is 10.8 Å². The van der Waals surface area contributed by atoms with E-state index in [2.05, 4.69) is 10.4 Å². The number of hydrogen-bond donors (Lipinski definition) is 2. The van der Waals surface area contributed by atoms with Crippen molar-refractivity contribution in [3.63, 3.8) is 0 Å². The Morgan fingerprint density at radius 1 is 1.09 bits per heavy atom. The molecule has 0 aliphatic heterocycles. The molecule has 2 aromatic heterocycles. The second-order valence-corrected chi connectivity index (χ2v) is 8.80. The number of nitrogens with one attached hydrogen (secondary N) is 1. The minimum absolute atomic E-state index is 0.100. The normalized spacial score (nSPS) is 18.0. The van der Waals surface area contributed by atoms with Crippen LogP contribution in [0.3, 0.4) is 0 Å². The van der Waals surface area contributed by atoms with Gasteiger partial charge in [-0.1, -0.05) is 25.0 Å². The molecule has 1 aliphatic carbocycles. The summed E-state index contributed by atoms with van der Waals surface area (Å²) in [5.41, 5.74) is 0.189. The van der Waals surface area contributed by atoms with Crippen LogP contribution in [0.2, 0.25) is 0 Å². The Kier molecular flexibility index (Phi) is 6.17. The number of aromatic nitrogens is 3. The van der Waals surface area contributed by atoms with Crippen LogP contribution >= 0.6 is 0 Å². The lowest BCUT2D eigenvalue weighted by Crippen LogP contribution is -2.46. The second-order valence-electron chi connectivity index (χ2n) is 8.80. The highest BCUT2D eigenvalue weighted by atomic mass is 19.1. The maximum Gasteiger partial charge on any atom is 0.257 e. The topological polar surface area (TPSA) is 89.2 Å². The molecule has 1 unspecified atom stereocenters. The molecule has 2 heterocycles. The number of nitrogens with zero attached hydrogens (tertiary/aromatic N) is 3. The number of fused-ring (bicyclic) bond motifs is 1. The Bertz CT molecular complexity index is 1430. The molecule has 0 bridgehead atoms. The fourth-order valence-corrected chi connectivity index (χ4v) is 4.64. The van der Waals surface area contributed by atoms with E-state index in [1.807, 2.05) is 24.3 Å². The average molecular weight is 478 g/mol. The maximum atomic E-state index is 14.8. The monoisotopic (exact) mass is 478 g/mol. The number of aliphatic hydroxyl groups excluding tert-OH is 1. The van der Waals surface area contributed by atoms with Crippen LogP contribution in [0.5, 0.6) is 0 Å². The summed E-state index contributed by atoms with van der Waals surface area (Å²) in [5.74, 6) is -2.38. The van der Waals surface area contributed by atoms with Crippen LogP contribution in [0.15, 0.2) is 65.8 Å². The Morgan fingerprint density at radius 2 is 1.83 bits per heavy atom. The minimum Gasteiger partial charge on any atom is -0.391 e. The van der Waals surface area contributed by atoms with Crippen molar-refractivity contribution in [1.29, 1.82) is 0 Å². The van der Waals surface area contributed by atoms with Crippen LogP contribution in [-0.2, 0) is 6.54 Å². The van der Waals surface area contributed by atoms with E-state index in [1.54, 1.807) is 23.1 Å². The molecule has 5 rings (SSSR count). The maximum absolute atomic E-state index is 14.8. The van der Waals surface area contributed by atoms with Crippen molar-refractivity contribution in [3.8, 4) is 5.69 Å². The second kappa shape index (κ2) is 9.42. The summed E-state index contributed by atoms with van der Waals surface area (Å²) in [4.78, 5) is 26.1. The number of rotatable bonds is 5. The van der Waals surface area contributed by atoms with E-state index in [4.69, 9.17) is 0 Å². The summed E-state index contributed by atoms with van der Waals surface area (Å²) in [6.45, 7) is 0.100. The summed E-state index contributed by atoms with van der Waals surface area (Å²) < 4.78 is 32.7. The van der Waals surface area contributed by atoms with Gasteiger partial charge in [-0.05, 0) is 48.7 Å². The molecule has 0 radical (unpaired) electrons. The zero-order valence-corrected chi connectivity index (χ0v) is 18.8. The van der Waals surface area contributed by atoms with E-state index >= 15 is 0 Å². The first-order valence-electron chi connectivity index (χ1n) is 11.5. The molecule has 0 spiro atoms. The molecule has 0 saturated heterocycles. The highest BCUT2D eigenvalue weighted by Gasteiger charge is 2.27. The fourth-order valence-electron chi connectivity index (χ4n) is 4.64. The molecule has 4 aromatic rings. The Morgan fingerprint density at radius 3 is 2.54 bits per heavy atom. The van der Waals surface area contributed by atoms with Crippen LogP contribution < -0.4 is 10.7 Å².